The molecule has 0 saturated carbocycles. The normalized spacial score (nSPS) is 19.8. The van der Waals surface area contributed by atoms with Crippen LogP contribution in [0, 0.1) is 25.7 Å². The van der Waals surface area contributed by atoms with Crippen LogP contribution in [0.1, 0.15) is 60.5 Å². The van der Waals surface area contributed by atoms with E-state index in [2.05, 4.69) is 126 Å². The zero-order valence-electron chi connectivity index (χ0n) is 26.6. The summed E-state index contributed by atoms with van der Waals surface area (Å²) in [6, 6.07) is 30.5. The van der Waals surface area contributed by atoms with Crippen LogP contribution < -0.4 is 10.6 Å². The number of piperidine rings is 2. The van der Waals surface area contributed by atoms with Crippen LogP contribution in [0.15, 0.2) is 84.9 Å². The van der Waals surface area contributed by atoms with Gasteiger partial charge in [0.05, 0.1) is 0 Å². The topological polar surface area (TPSA) is 111 Å². The van der Waals surface area contributed by atoms with Crippen molar-refractivity contribution in [3.05, 3.63) is 108 Å². The number of aromatic nitrogens is 8. The largest absolute Gasteiger partial charge is 0.316 e. The van der Waals surface area contributed by atoms with Gasteiger partial charge in [0.1, 0.15) is 12.1 Å². The number of tetrazole rings is 2. The summed E-state index contributed by atoms with van der Waals surface area (Å²) in [5, 5.41) is 37.8. The third kappa shape index (κ3) is 6.68. The maximum absolute atomic E-state index is 4.51. The molecule has 2 aliphatic rings. The molecule has 10 nitrogen and oxygen atoms in total. The zero-order valence-corrected chi connectivity index (χ0v) is 26.6. The molecule has 2 aliphatic heterocycles. The number of benzene rings is 4. The Morgan fingerprint density at radius 1 is 0.587 bits per heavy atom. The van der Waals surface area contributed by atoms with E-state index in [1.165, 1.54) is 58.4 Å². The summed E-state index contributed by atoms with van der Waals surface area (Å²) in [5.74, 6) is 2.41. The molecule has 0 aliphatic carbocycles. The molecule has 0 spiro atoms. The third-order valence-electron chi connectivity index (χ3n) is 9.35. The Hall–Kier alpha value is -4.54. The summed E-state index contributed by atoms with van der Waals surface area (Å²) in [6.45, 7) is 7.98. The fourth-order valence-corrected chi connectivity index (χ4v) is 7.10. The van der Waals surface area contributed by atoms with E-state index in [0.29, 0.717) is 11.8 Å². The first-order chi connectivity index (χ1) is 22.6. The molecule has 0 unspecified atom stereocenters. The standard InChI is InChI=1S/2C18H21N5/c2*1-13-20-22-23(21-13)18(17-7-4-10-19-12-17)16-9-8-14-5-2-3-6-15(14)11-16/h2*2-3,5-6,8-9,11,17-19H,4,7,10,12H2,1H3/t17-,18+;17-,18-/m00/s1. The summed E-state index contributed by atoms with van der Waals surface area (Å²) < 4.78 is 0. The summed E-state index contributed by atoms with van der Waals surface area (Å²) in [6.07, 6.45) is 4.76. The highest BCUT2D eigenvalue weighted by Gasteiger charge is 2.30. The molecule has 4 atom stereocenters. The molecule has 0 radical (unpaired) electrons. The number of hydrogen-bond donors (Lipinski definition) is 2. The van der Waals surface area contributed by atoms with Gasteiger partial charge in [0.25, 0.3) is 0 Å². The van der Waals surface area contributed by atoms with Gasteiger partial charge in [-0.15, -0.1) is 20.4 Å². The van der Waals surface area contributed by atoms with Crippen LogP contribution in [0.4, 0.5) is 0 Å². The molecule has 2 aromatic heterocycles. The summed E-state index contributed by atoms with van der Waals surface area (Å²) in [5.41, 5.74) is 2.52. The fourth-order valence-electron chi connectivity index (χ4n) is 7.10. The van der Waals surface area contributed by atoms with Gasteiger partial charge in [0, 0.05) is 13.1 Å². The van der Waals surface area contributed by atoms with Gasteiger partial charge in [-0.05, 0) is 120 Å². The number of rotatable bonds is 6. The Morgan fingerprint density at radius 2 is 1.02 bits per heavy atom. The van der Waals surface area contributed by atoms with Crippen LogP contribution in [0.5, 0.6) is 0 Å². The summed E-state index contributed by atoms with van der Waals surface area (Å²) >= 11 is 0. The van der Waals surface area contributed by atoms with E-state index < -0.39 is 0 Å². The summed E-state index contributed by atoms with van der Waals surface area (Å²) in [4.78, 5) is 3.61. The quantitative estimate of drug-likeness (QED) is 0.255. The molecular weight excluding hydrogens is 572 g/mol. The maximum Gasteiger partial charge on any atom is 0.171 e. The van der Waals surface area contributed by atoms with Gasteiger partial charge in [0.2, 0.25) is 0 Å². The molecule has 4 heterocycles. The Bertz CT molecular complexity index is 1750. The lowest BCUT2D eigenvalue weighted by Gasteiger charge is -2.30. The average Bonchev–Trinajstić information content (AvgIpc) is 3.73. The van der Waals surface area contributed by atoms with Gasteiger partial charge in [-0.2, -0.15) is 9.59 Å². The van der Waals surface area contributed by atoms with Gasteiger partial charge in [0.15, 0.2) is 11.6 Å². The molecule has 0 bridgehead atoms. The molecule has 2 fully saturated rings. The Labute approximate surface area is 269 Å². The van der Waals surface area contributed by atoms with E-state index in [9.17, 15) is 0 Å². The molecule has 2 saturated heterocycles. The molecular formula is C36H42N10. The smallest absolute Gasteiger partial charge is 0.171 e. The van der Waals surface area contributed by atoms with Gasteiger partial charge in [-0.25, -0.2) is 0 Å². The fraction of sp³-hybridized carbons (Fsp3) is 0.389. The van der Waals surface area contributed by atoms with Crippen LogP contribution in [0.25, 0.3) is 21.5 Å². The average molecular weight is 615 g/mol. The van der Waals surface area contributed by atoms with Crippen molar-refractivity contribution >= 4 is 21.5 Å². The number of aryl methyl sites for hydroxylation is 2. The second-order valence-electron chi connectivity index (χ2n) is 12.6. The van der Waals surface area contributed by atoms with Gasteiger partial charge in [-0.3, -0.25) is 0 Å². The van der Waals surface area contributed by atoms with Gasteiger partial charge in [-0.1, -0.05) is 72.8 Å². The first kappa shape index (κ1) is 30.1. The Kier molecular flexibility index (Phi) is 9.07. The van der Waals surface area contributed by atoms with E-state index in [-0.39, 0.29) is 12.1 Å². The van der Waals surface area contributed by atoms with Crippen LogP contribution in [-0.2, 0) is 0 Å². The van der Waals surface area contributed by atoms with E-state index >= 15 is 0 Å². The lowest BCUT2D eigenvalue weighted by Crippen LogP contribution is -2.36. The van der Waals surface area contributed by atoms with Crippen molar-refractivity contribution in [3.63, 3.8) is 0 Å². The molecule has 10 heteroatoms. The third-order valence-corrected chi connectivity index (χ3v) is 9.35. The van der Waals surface area contributed by atoms with E-state index in [4.69, 9.17) is 0 Å². The molecule has 4 aromatic carbocycles. The molecule has 46 heavy (non-hydrogen) atoms. The minimum Gasteiger partial charge on any atom is -0.316 e. The molecule has 236 valence electrons. The maximum atomic E-state index is 4.51. The lowest BCUT2D eigenvalue weighted by molar-refractivity contribution is 0.261. The van der Waals surface area contributed by atoms with Crippen LogP contribution in [0.2, 0.25) is 0 Å². The first-order valence-electron chi connectivity index (χ1n) is 16.5. The van der Waals surface area contributed by atoms with Crippen molar-refractivity contribution in [2.24, 2.45) is 11.8 Å². The highest BCUT2D eigenvalue weighted by molar-refractivity contribution is 5.83. The Morgan fingerprint density at radius 3 is 1.39 bits per heavy atom. The minimum atomic E-state index is 0.133. The molecule has 8 rings (SSSR count). The first-order valence-corrected chi connectivity index (χ1v) is 16.5. The second kappa shape index (κ2) is 13.8. The Balaban J connectivity index is 0.000000147. The van der Waals surface area contributed by atoms with Crippen molar-refractivity contribution in [2.45, 2.75) is 51.6 Å². The van der Waals surface area contributed by atoms with Crippen molar-refractivity contribution < 1.29 is 0 Å². The molecule has 0 amide bonds. The SMILES string of the molecule is Cc1nnn([C@@H](c2ccc3ccccc3c2)[C@H]2CCCNC2)n1.Cc1nnn([C@H](c2ccc3ccccc3c2)[C@H]2CCCNC2)n1. The number of hydrogen-bond acceptors (Lipinski definition) is 8. The number of nitrogens with one attached hydrogen (secondary N) is 2. The number of nitrogens with zero attached hydrogens (tertiary/aromatic N) is 8. The van der Waals surface area contributed by atoms with Gasteiger partial charge < -0.3 is 10.6 Å². The van der Waals surface area contributed by atoms with E-state index in [0.717, 1.165) is 37.8 Å². The van der Waals surface area contributed by atoms with E-state index in [1.54, 1.807) is 9.59 Å². The van der Waals surface area contributed by atoms with Crippen molar-refractivity contribution in [3.8, 4) is 0 Å². The van der Waals surface area contributed by atoms with Crippen LogP contribution in [0.3, 0.4) is 0 Å². The van der Waals surface area contributed by atoms with Crippen molar-refractivity contribution in [2.75, 3.05) is 26.2 Å². The van der Waals surface area contributed by atoms with Crippen molar-refractivity contribution in [1.29, 1.82) is 0 Å². The van der Waals surface area contributed by atoms with Crippen LogP contribution >= 0.6 is 0 Å². The zero-order chi connectivity index (χ0) is 31.3. The highest BCUT2D eigenvalue weighted by Crippen LogP contribution is 2.33. The predicted octanol–water partition coefficient (Wildman–Crippen LogP) is 5.45. The van der Waals surface area contributed by atoms with Gasteiger partial charge >= 0.3 is 0 Å². The molecule has 6 aromatic rings. The number of fused-ring (bicyclic) bond motifs is 2. The van der Waals surface area contributed by atoms with Crippen LogP contribution in [-0.4, -0.2) is 66.6 Å². The van der Waals surface area contributed by atoms with E-state index in [1.807, 2.05) is 13.8 Å². The minimum absolute atomic E-state index is 0.133. The predicted molar refractivity (Wildman–Crippen MR) is 180 cm³/mol. The summed E-state index contributed by atoms with van der Waals surface area (Å²) in [7, 11) is 0. The second-order valence-corrected chi connectivity index (χ2v) is 12.6. The highest BCUT2D eigenvalue weighted by atomic mass is 15.6. The monoisotopic (exact) mass is 614 g/mol. The van der Waals surface area contributed by atoms with Crippen molar-refractivity contribution in [1.82, 2.24) is 51.0 Å². The lowest BCUT2D eigenvalue weighted by atomic mass is 9.87. The molecule has 2 N–H and O–H groups in total.